The highest BCUT2D eigenvalue weighted by Crippen LogP contribution is 2.32. The summed E-state index contributed by atoms with van der Waals surface area (Å²) in [5.74, 6) is 1.37. The summed E-state index contributed by atoms with van der Waals surface area (Å²) in [5, 5.41) is 4.08. The molecule has 1 saturated heterocycles. The number of hydrogen-bond donors (Lipinski definition) is 1. The molecule has 2 heterocycles. The Morgan fingerprint density at radius 2 is 1.95 bits per heavy atom. The summed E-state index contributed by atoms with van der Waals surface area (Å²) in [6, 6.07) is 0. The van der Waals surface area contributed by atoms with Gasteiger partial charge >= 0.3 is 0 Å². The third-order valence-electron chi connectivity index (χ3n) is 4.32. The van der Waals surface area contributed by atoms with Crippen molar-refractivity contribution in [3.8, 4) is 0 Å². The third kappa shape index (κ3) is 2.98. The van der Waals surface area contributed by atoms with Crippen LogP contribution >= 0.6 is 0 Å². The zero-order valence-corrected chi connectivity index (χ0v) is 11.4. The summed E-state index contributed by atoms with van der Waals surface area (Å²) in [4.78, 5) is 4.53. The molecule has 5 nitrogen and oxygen atoms in total. The monoisotopic (exact) mass is 265 g/mol. The maximum Gasteiger partial charge on any atom is 0.246 e. The minimum Gasteiger partial charge on any atom is -0.378 e. The Labute approximate surface area is 113 Å². The second kappa shape index (κ2) is 5.59. The lowest BCUT2D eigenvalue weighted by molar-refractivity contribution is 0.109. The molecule has 0 radical (unpaired) electrons. The SMILES string of the molecule is NC1(c2nc(CC3CCCO3)no2)CCCCCC1. The molecule has 5 heteroatoms. The van der Waals surface area contributed by atoms with E-state index >= 15 is 0 Å². The van der Waals surface area contributed by atoms with Crippen molar-refractivity contribution >= 4 is 0 Å². The second-order valence-corrected chi connectivity index (χ2v) is 5.93. The zero-order valence-electron chi connectivity index (χ0n) is 11.4. The summed E-state index contributed by atoms with van der Waals surface area (Å²) >= 11 is 0. The van der Waals surface area contributed by atoms with Gasteiger partial charge in [0.05, 0.1) is 11.6 Å². The fraction of sp³-hybridized carbons (Fsp3) is 0.857. The van der Waals surface area contributed by atoms with E-state index in [9.17, 15) is 0 Å². The Hall–Kier alpha value is -0.940. The Kier molecular flexibility index (Phi) is 3.84. The topological polar surface area (TPSA) is 74.2 Å². The molecule has 19 heavy (non-hydrogen) atoms. The summed E-state index contributed by atoms with van der Waals surface area (Å²) < 4.78 is 11.0. The van der Waals surface area contributed by atoms with Crippen molar-refractivity contribution in [1.82, 2.24) is 10.1 Å². The Balaban J connectivity index is 1.68. The van der Waals surface area contributed by atoms with E-state index < -0.39 is 5.54 Å². The molecule has 106 valence electrons. The van der Waals surface area contributed by atoms with Gasteiger partial charge in [-0.1, -0.05) is 30.8 Å². The minimum absolute atomic E-state index is 0.258. The van der Waals surface area contributed by atoms with Crippen LogP contribution in [0.3, 0.4) is 0 Å². The van der Waals surface area contributed by atoms with Gasteiger partial charge in [0.2, 0.25) is 5.89 Å². The van der Waals surface area contributed by atoms with Crippen molar-refractivity contribution in [2.45, 2.75) is 69.4 Å². The van der Waals surface area contributed by atoms with Crippen LogP contribution in [0.25, 0.3) is 0 Å². The van der Waals surface area contributed by atoms with Crippen molar-refractivity contribution in [3.63, 3.8) is 0 Å². The van der Waals surface area contributed by atoms with Gasteiger partial charge in [-0.25, -0.2) is 0 Å². The molecule has 0 aromatic carbocycles. The molecule has 1 aliphatic heterocycles. The van der Waals surface area contributed by atoms with Crippen molar-refractivity contribution < 1.29 is 9.26 Å². The molecule has 0 spiro atoms. The molecule has 1 atom stereocenters. The standard InChI is InChI=1S/C14H23N3O2/c15-14(7-3-1-2-4-8-14)13-16-12(17-19-13)10-11-6-5-9-18-11/h11H,1-10,15H2. The summed E-state index contributed by atoms with van der Waals surface area (Å²) in [5.41, 5.74) is 6.07. The van der Waals surface area contributed by atoms with E-state index in [1.807, 2.05) is 0 Å². The largest absolute Gasteiger partial charge is 0.378 e. The second-order valence-electron chi connectivity index (χ2n) is 5.93. The van der Waals surface area contributed by atoms with Crippen LogP contribution in [-0.4, -0.2) is 22.9 Å². The first-order valence-electron chi connectivity index (χ1n) is 7.50. The van der Waals surface area contributed by atoms with E-state index in [1.165, 1.54) is 12.8 Å². The van der Waals surface area contributed by atoms with E-state index in [1.54, 1.807) is 0 Å². The molecule has 1 unspecified atom stereocenters. The van der Waals surface area contributed by atoms with Gasteiger partial charge in [-0.15, -0.1) is 0 Å². The van der Waals surface area contributed by atoms with Crippen LogP contribution in [-0.2, 0) is 16.7 Å². The van der Waals surface area contributed by atoms with Gasteiger partial charge in [-0.3, -0.25) is 0 Å². The average molecular weight is 265 g/mol. The first-order valence-corrected chi connectivity index (χ1v) is 7.50. The molecule has 0 amide bonds. The molecule has 1 aromatic rings. The summed E-state index contributed by atoms with van der Waals surface area (Å²) in [6.07, 6.45) is 9.97. The number of nitrogens with two attached hydrogens (primary N) is 1. The fourth-order valence-corrected chi connectivity index (χ4v) is 3.12. The lowest BCUT2D eigenvalue weighted by Gasteiger charge is -2.22. The van der Waals surface area contributed by atoms with Crippen LogP contribution in [0.4, 0.5) is 0 Å². The molecule has 0 bridgehead atoms. The van der Waals surface area contributed by atoms with Crippen LogP contribution < -0.4 is 5.73 Å². The zero-order chi connectivity index (χ0) is 13.1. The fourth-order valence-electron chi connectivity index (χ4n) is 3.12. The summed E-state index contributed by atoms with van der Waals surface area (Å²) in [7, 11) is 0. The molecule has 2 aliphatic rings. The van der Waals surface area contributed by atoms with Crippen LogP contribution in [0.15, 0.2) is 4.52 Å². The Bertz CT molecular complexity index is 405. The summed E-state index contributed by atoms with van der Waals surface area (Å²) in [6.45, 7) is 0.857. The highest BCUT2D eigenvalue weighted by atomic mass is 16.5. The molecule has 1 aliphatic carbocycles. The van der Waals surface area contributed by atoms with E-state index in [-0.39, 0.29) is 6.10 Å². The molecular weight excluding hydrogens is 242 g/mol. The number of aromatic nitrogens is 2. The van der Waals surface area contributed by atoms with Crippen LogP contribution in [0, 0.1) is 0 Å². The smallest absolute Gasteiger partial charge is 0.246 e. The van der Waals surface area contributed by atoms with Crippen molar-refractivity contribution in [2.24, 2.45) is 5.73 Å². The number of rotatable bonds is 3. The van der Waals surface area contributed by atoms with E-state index in [0.717, 1.165) is 57.4 Å². The third-order valence-corrected chi connectivity index (χ3v) is 4.32. The first-order chi connectivity index (χ1) is 9.26. The van der Waals surface area contributed by atoms with Crippen molar-refractivity contribution in [2.75, 3.05) is 6.61 Å². The van der Waals surface area contributed by atoms with Gasteiger partial charge in [-0.2, -0.15) is 4.98 Å². The van der Waals surface area contributed by atoms with Gasteiger partial charge in [0, 0.05) is 13.0 Å². The minimum atomic E-state index is -0.404. The molecule has 3 rings (SSSR count). The molecule has 1 saturated carbocycles. The quantitative estimate of drug-likeness (QED) is 0.849. The number of nitrogens with zero attached hydrogens (tertiary/aromatic N) is 2. The molecule has 2 fully saturated rings. The predicted molar refractivity (Wildman–Crippen MR) is 70.5 cm³/mol. The van der Waals surface area contributed by atoms with Gasteiger partial charge in [0.25, 0.3) is 0 Å². The van der Waals surface area contributed by atoms with E-state index in [2.05, 4.69) is 10.1 Å². The molecule has 1 aromatic heterocycles. The van der Waals surface area contributed by atoms with Crippen LogP contribution in [0.1, 0.15) is 63.1 Å². The van der Waals surface area contributed by atoms with Gasteiger partial charge < -0.3 is 15.0 Å². The predicted octanol–water partition coefficient (Wildman–Crippen LogP) is 2.30. The van der Waals surface area contributed by atoms with Crippen molar-refractivity contribution in [1.29, 1.82) is 0 Å². The van der Waals surface area contributed by atoms with Gasteiger partial charge in [0.1, 0.15) is 0 Å². The lowest BCUT2D eigenvalue weighted by Crippen LogP contribution is -2.36. The highest BCUT2D eigenvalue weighted by Gasteiger charge is 2.34. The lowest BCUT2D eigenvalue weighted by atomic mass is 9.91. The Morgan fingerprint density at radius 3 is 2.63 bits per heavy atom. The first kappa shape index (κ1) is 13.1. The molecule has 2 N–H and O–H groups in total. The molecular formula is C14H23N3O2. The van der Waals surface area contributed by atoms with Gasteiger partial charge in [0.15, 0.2) is 5.82 Å². The number of hydrogen-bond acceptors (Lipinski definition) is 5. The normalized spacial score (nSPS) is 27.3. The van der Waals surface area contributed by atoms with Crippen LogP contribution in [0.2, 0.25) is 0 Å². The van der Waals surface area contributed by atoms with E-state index in [0.29, 0.717) is 5.89 Å². The highest BCUT2D eigenvalue weighted by molar-refractivity contribution is 5.03. The Morgan fingerprint density at radius 1 is 1.16 bits per heavy atom. The van der Waals surface area contributed by atoms with Crippen molar-refractivity contribution in [3.05, 3.63) is 11.7 Å². The van der Waals surface area contributed by atoms with Crippen LogP contribution in [0.5, 0.6) is 0 Å². The van der Waals surface area contributed by atoms with E-state index in [4.69, 9.17) is 15.0 Å². The average Bonchev–Trinajstić information content (AvgIpc) is 3.02. The number of ether oxygens (including phenoxy) is 1. The van der Waals surface area contributed by atoms with Gasteiger partial charge in [-0.05, 0) is 25.7 Å². The maximum absolute atomic E-state index is 6.47. The maximum atomic E-state index is 6.47.